The van der Waals surface area contributed by atoms with Crippen LogP contribution in [0.5, 0.6) is 0 Å². The Morgan fingerprint density at radius 1 is 1.17 bits per heavy atom. The summed E-state index contributed by atoms with van der Waals surface area (Å²) in [6, 6.07) is 9.74. The molecule has 1 fully saturated rings. The number of nitrogens with zero attached hydrogens (tertiary/aromatic N) is 3. The number of halogens is 1. The molecular weight excluding hydrogens is 384 g/mol. The highest BCUT2D eigenvalue weighted by Gasteiger charge is 2.37. The second-order valence-corrected chi connectivity index (χ2v) is 8.90. The molecule has 0 aliphatic heterocycles. The first-order chi connectivity index (χ1) is 14.0. The molecule has 1 aliphatic rings. The predicted molar refractivity (Wildman–Crippen MR) is 117 cm³/mol. The first kappa shape index (κ1) is 19.9. The summed E-state index contributed by atoms with van der Waals surface area (Å²) in [4.78, 5) is 21.1. The maximum Gasteiger partial charge on any atom is 0.159 e. The molecule has 2 aromatic heterocycles. The van der Waals surface area contributed by atoms with Crippen LogP contribution in [0.3, 0.4) is 0 Å². The summed E-state index contributed by atoms with van der Waals surface area (Å²) >= 11 is 5.96. The van der Waals surface area contributed by atoms with Gasteiger partial charge in [-0.1, -0.05) is 18.5 Å². The van der Waals surface area contributed by atoms with Crippen LogP contribution < -0.4 is 5.32 Å². The Balaban J connectivity index is 1.43. The fourth-order valence-corrected chi connectivity index (χ4v) is 4.71. The molecule has 5 nitrogen and oxygen atoms in total. The molecule has 1 atom stereocenters. The van der Waals surface area contributed by atoms with E-state index in [0.29, 0.717) is 23.4 Å². The molecule has 0 saturated heterocycles. The lowest BCUT2D eigenvalue weighted by atomic mass is 9.67. The van der Waals surface area contributed by atoms with Crippen LogP contribution in [0.2, 0.25) is 5.02 Å². The van der Waals surface area contributed by atoms with Crippen molar-refractivity contribution in [2.45, 2.75) is 38.5 Å². The average molecular weight is 411 g/mol. The number of benzene rings is 1. The lowest BCUT2D eigenvalue weighted by Gasteiger charge is -2.38. The Hall–Kier alpha value is -2.40. The Labute approximate surface area is 176 Å². The molecule has 1 unspecified atom stereocenters. The summed E-state index contributed by atoms with van der Waals surface area (Å²) in [7, 11) is 1.98. The van der Waals surface area contributed by atoms with Gasteiger partial charge >= 0.3 is 0 Å². The van der Waals surface area contributed by atoms with Gasteiger partial charge in [-0.2, -0.15) is 0 Å². The second-order valence-electron chi connectivity index (χ2n) is 8.46. The van der Waals surface area contributed by atoms with Crippen LogP contribution >= 0.6 is 11.6 Å². The quantitative estimate of drug-likeness (QED) is 0.566. The van der Waals surface area contributed by atoms with Gasteiger partial charge in [0.15, 0.2) is 5.65 Å². The van der Waals surface area contributed by atoms with E-state index in [4.69, 9.17) is 11.6 Å². The van der Waals surface area contributed by atoms with Crippen molar-refractivity contribution in [2.75, 3.05) is 11.9 Å². The molecule has 1 N–H and O–H groups in total. The van der Waals surface area contributed by atoms with Gasteiger partial charge in [0.1, 0.15) is 11.8 Å². The number of fused-ring (bicyclic) bond motifs is 1. The van der Waals surface area contributed by atoms with Gasteiger partial charge in [0.25, 0.3) is 0 Å². The number of aromatic nitrogens is 3. The highest BCUT2D eigenvalue weighted by Crippen LogP contribution is 2.44. The van der Waals surface area contributed by atoms with Crippen molar-refractivity contribution in [3.63, 3.8) is 0 Å². The van der Waals surface area contributed by atoms with Gasteiger partial charge in [-0.25, -0.2) is 9.97 Å². The molecule has 29 heavy (non-hydrogen) atoms. The molecule has 1 saturated carbocycles. The van der Waals surface area contributed by atoms with Crippen LogP contribution in [0.1, 0.15) is 44.1 Å². The highest BCUT2D eigenvalue weighted by molar-refractivity contribution is 6.30. The smallest absolute Gasteiger partial charge is 0.159 e. The van der Waals surface area contributed by atoms with E-state index >= 15 is 0 Å². The third kappa shape index (κ3) is 4.01. The third-order valence-electron chi connectivity index (χ3n) is 6.52. The van der Waals surface area contributed by atoms with Crippen molar-refractivity contribution in [3.8, 4) is 0 Å². The van der Waals surface area contributed by atoms with Gasteiger partial charge in [-0.3, -0.25) is 0 Å². The van der Waals surface area contributed by atoms with Crippen LogP contribution in [-0.2, 0) is 11.8 Å². The number of carbonyl (C=O) groups is 1. The van der Waals surface area contributed by atoms with E-state index in [0.717, 1.165) is 48.8 Å². The Morgan fingerprint density at radius 2 is 1.90 bits per heavy atom. The SMILES string of the molecule is Cn1cnc2c(C3CCC(C(C)(C=O)CNc4ccc(Cl)cc4)CC3)ccnc21. The van der Waals surface area contributed by atoms with Crippen LogP contribution in [-0.4, -0.2) is 27.4 Å². The third-order valence-corrected chi connectivity index (χ3v) is 6.77. The molecule has 0 amide bonds. The molecular formula is C23H27ClN4O. The number of imidazole rings is 1. The van der Waals surface area contributed by atoms with Crippen molar-refractivity contribution in [1.82, 2.24) is 14.5 Å². The number of aryl methyl sites for hydroxylation is 1. The van der Waals surface area contributed by atoms with Gasteiger partial charge in [-0.15, -0.1) is 0 Å². The van der Waals surface area contributed by atoms with Crippen molar-refractivity contribution in [2.24, 2.45) is 18.4 Å². The Bertz CT molecular complexity index is 992. The monoisotopic (exact) mass is 410 g/mol. The zero-order valence-electron chi connectivity index (χ0n) is 16.9. The molecule has 2 heterocycles. The van der Waals surface area contributed by atoms with Crippen molar-refractivity contribution < 1.29 is 4.79 Å². The van der Waals surface area contributed by atoms with E-state index in [1.807, 2.05) is 48.4 Å². The number of hydrogen-bond acceptors (Lipinski definition) is 4. The molecule has 1 aliphatic carbocycles. The number of anilines is 1. The predicted octanol–water partition coefficient (Wildman–Crippen LogP) is 5.21. The van der Waals surface area contributed by atoms with Crippen LogP contribution in [0.4, 0.5) is 5.69 Å². The summed E-state index contributed by atoms with van der Waals surface area (Å²) in [5, 5.41) is 4.13. The van der Waals surface area contributed by atoms with Crippen molar-refractivity contribution >= 4 is 34.7 Å². The van der Waals surface area contributed by atoms with E-state index in [-0.39, 0.29) is 5.41 Å². The van der Waals surface area contributed by atoms with Crippen LogP contribution in [0, 0.1) is 11.3 Å². The summed E-state index contributed by atoms with van der Waals surface area (Å²) in [5.41, 5.74) is 3.85. The van der Waals surface area contributed by atoms with Crippen molar-refractivity contribution in [1.29, 1.82) is 0 Å². The first-order valence-corrected chi connectivity index (χ1v) is 10.6. The molecule has 0 bridgehead atoms. The molecule has 4 rings (SSSR count). The molecule has 0 spiro atoms. The highest BCUT2D eigenvalue weighted by atomic mass is 35.5. The minimum absolute atomic E-state index is 0.372. The number of carbonyl (C=O) groups excluding carboxylic acids is 1. The second kappa shape index (κ2) is 8.15. The molecule has 6 heteroatoms. The van der Waals surface area contributed by atoms with Gasteiger partial charge < -0.3 is 14.7 Å². The number of nitrogens with one attached hydrogen (secondary N) is 1. The summed E-state index contributed by atoms with van der Waals surface area (Å²) in [5.74, 6) is 0.851. The lowest BCUT2D eigenvalue weighted by molar-refractivity contribution is -0.118. The van der Waals surface area contributed by atoms with Crippen LogP contribution in [0.25, 0.3) is 11.2 Å². The number of aldehydes is 1. The van der Waals surface area contributed by atoms with E-state index in [1.165, 1.54) is 5.56 Å². The van der Waals surface area contributed by atoms with Crippen molar-refractivity contribution in [3.05, 3.63) is 53.4 Å². The fourth-order valence-electron chi connectivity index (χ4n) is 4.58. The zero-order valence-corrected chi connectivity index (χ0v) is 17.7. The maximum atomic E-state index is 12.0. The van der Waals surface area contributed by atoms with Gasteiger partial charge in [-0.05, 0) is 73.4 Å². The number of hydrogen-bond donors (Lipinski definition) is 1. The maximum absolute atomic E-state index is 12.0. The summed E-state index contributed by atoms with van der Waals surface area (Å²) in [6.45, 7) is 2.71. The fraction of sp³-hybridized carbons (Fsp3) is 0.435. The van der Waals surface area contributed by atoms with E-state index < -0.39 is 0 Å². The van der Waals surface area contributed by atoms with E-state index in [2.05, 4.69) is 28.3 Å². The van der Waals surface area contributed by atoms with Gasteiger partial charge in [0, 0.05) is 35.9 Å². The molecule has 1 aromatic carbocycles. The molecule has 152 valence electrons. The van der Waals surface area contributed by atoms with E-state index in [9.17, 15) is 4.79 Å². The number of pyridine rings is 1. The Morgan fingerprint density at radius 3 is 2.59 bits per heavy atom. The largest absolute Gasteiger partial charge is 0.384 e. The molecule has 0 radical (unpaired) electrons. The average Bonchev–Trinajstić information content (AvgIpc) is 3.14. The first-order valence-electron chi connectivity index (χ1n) is 10.2. The zero-order chi connectivity index (χ0) is 20.4. The van der Waals surface area contributed by atoms with E-state index in [1.54, 1.807) is 0 Å². The normalized spacial score (nSPS) is 21.6. The standard InChI is InChI=1S/C23H27ClN4O/c1-23(14-29,13-26-19-9-7-18(24)8-10-19)17-5-3-16(4-6-17)20-11-12-25-22-21(20)27-15-28(22)2/h7-12,14-17,26H,3-6,13H2,1-2H3. The Kier molecular flexibility index (Phi) is 5.59. The summed E-state index contributed by atoms with van der Waals surface area (Å²) in [6.07, 6.45) is 9.09. The minimum atomic E-state index is -0.386. The lowest BCUT2D eigenvalue weighted by Crippen LogP contribution is -2.38. The van der Waals surface area contributed by atoms with Gasteiger partial charge in [0.2, 0.25) is 0 Å². The minimum Gasteiger partial charge on any atom is -0.384 e. The topological polar surface area (TPSA) is 59.8 Å². The van der Waals surface area contributed by atoms with Gasteiger partial charge in [0.05, 0.1) is 6.33 Å². The molecule has 3 aromatic rings. The summed E-state index contributed by atoms with van der Waals surface area (Å²) < 4.78 is 1.97. The van der Waals surface area contributed by atoms with Crippen LogP contribution in [0.15, 0.2) is 42.9 Å². The number of rotatable bonds is 6.